The van der Waals surface area contributed by atoms with Crippen LogP contribution in [0, 0.1) is 23.7 Å². The van der Waals surface area contributed by atoms with Crippen molar-refractivity contribution in [2.75, 3.05) is 11.9 Å². The number of fused-ring (bicyclic) bond motifs is 1. The van der Waals surface area contributed by atoms with Crippen molar-refractivity contribution >= 4 is 16.6 Å². The van der Waals surface area contributed by atoms with E-state index in [-0.39, 0.29) is 0 Å². The molecule has 0 saturated heterocycles. The number of para-hydroxylation sites is 1. The van der Waals surface area contributed by atoms with Crippen LogP contribution in [-0.2, 0) is 0 Å². The van der Waals surface area contributed by atoms with Crippen molar-refractivity contribution in [3.8, 4) is 18.4 Å². The minimum atomic E-state index is 0.579. The average Bonchev–Trinajstić information content (AvgIpc) is 2.47. The molecule has 3 heteroatoms. The number of rotatable bonds is 5. The first-order valence-corrected chi connectivity index (χ1v) is 6.32. The Kier molecular flexibility index (Phi) is 4.37. The monoisotopic (exact) mass is 249 g/mol. The van der Waals surface area contributed by atoms with E-state index in [0.29, 0.717) is 5.56 Å². The van der Waals surface area contributed by atoms with Crippen LogP contribution in [0.3, 0.4) is 0 Å². The zero-order valence-corrected chi connectivity index (χ0v) is 10.7. The number of nitrogens with one attached hydrogen (secondary N) is 1. The minimum absolute atomic E-state index is 0.579. The summed E-state index contributed by atoms with van der Waals surface area (Å²) in [7, 11) is 0. The third-order valence-electron chi connectivity index (χ3n) is 2.95. The van der Waals surface area contributed by atoms with Crippen LogP contribution in [-0.4, -0.2) is 11.5 Å². The molecule has 0 atom stereocenters. The number of nitrogens with zero attached hydrogens (tertiary/aromatic N) is 2. The van der Waals surface area contributed by atoms with Gasteiger partial charge in [-0.3, -0.25) is 4.98 Å². The quantitative estimate of drug-likeness (QED) is 0.653. The zero-order valence-electron chi connectivity index (χ0n) is 10.7. The summed E-state index contributed by atoms with van der Waals surface area (Å²) in [6.07, 6.45) is 9.62. The molecule has 0 unspecified atom stereocenters. The summed E-state index contributed by atoms with van der Waals surface area (Å²) in [6, 6.07) is 10.0. The minimum Gasteiger partial charge on any atom is -0.383 e. The second kappa shape index (κ2) is 6.42. The maximum Gasteiger partial charge on any atom is 0.103 e. The van der Waals surface area contributed by atoms with E-state index in [2.05, 4.69) is 22.3 Å². The van der Waals surface area contributed by atoms with E-state index >= 15 is 0 Å². The number of aromatic nitrogens is 1. The van der Waals surface area contributed by atoms with Gasteiger partial charge in [0.1, 0.15) is 6.07 Å². The van der Waals surface area contributed by atoms with Gasteiger partial charge in [-0.1, -0.05) is 18.2 Å². The number of benzene rings is 1. The molecule has 3 nitrogen and oxygen atoms in total. The van der Waals surface area contributed by atoms with Gasteiger partial charge in [-0.25, -0.2) is 0 Å². The van der Waals surface area contributed by atoms with Crippen molar-refractivity contribution in [1.29, 1.82) is 5.26 Å². The largest absolute Gasteiger partial charge is 0.383 e. The zero-order chi connectivity index (χ0) is 13.5. The summed E-state index contributed by atoms with van der Waals surface area (Å²) < 4.78 is 0. The van der Waals surface area contributed by atoms with Crippen LogP contribution in [0.4, 0.5) is 5.69 Å². The fourth-order valence-corrected chi connectivity index (χ4v) is 1.98. The Morgan fingerprint density at radius 1 is 1.26 bits per heavy atom. The molecule has 0 aliphatic carbocycles. The molecule has 0 fully saturated rings. The Labute approximate surface area is 113 Å². The Bertz CT molecular complexity index is 647. The van der Waals surface area contributed by atoms with Crippen LogP contribution < -0.4 is 5.32 Å². The van der Waals surface area contributed by atoms with Crippen molar-refractivity contribution in [3.63, 3.8) is 0 Å². The van der Waals surface area contributed by atoms with Gasteiger partial charge in [0, 0.05) is 24.5 Å². The maximum absolute atomic E-state index is 9.16. The van der Waals surface area contributed by atoms with Gasteiger partial charge >= 0.3 is 0 Å². The van der Waals surface area contributed by atoms with E-state index in [9.17, 15) is 0 Å². The SMILES string of the molecule is C#CCCCCNc1c(C#N)cnc2ccccc12. The fraction of sp³-hybridized carbons (Fsp3) is 0.250. The normalized spacial score (nSPS) is 9.79. The molecule has 0 amide bonds. The van der Waals surface area contributed by atoms with Crippen LogP contribution in [0.15, 0.2) is 30.5 Å². The first-order valence-electron chi connectivity index (χ1n) is 6.32. The lowest BCUT2D eigenvalue weighted by atomic mass is 10.1. The van der Waals surface area contributed by atoms with Gasteiger partial charge in [-0.2, -0.15) is 5.26 Å². The summed E-state index contributed by atoms with van der Waals surface area (Å²) in [5.41, 5.74) is 2.34. The topological polar surface area (TPSA) is 48.7 Å². The highest BCUT2D eigenvalue weighted by Gasteiger charge is 2.07. The molecule has 19 heavy (non-hydrogen) atoms. The van der Waals surface area contributed by atoms with E-state index in [1.807, 2.05) is 24.3 Å². The van der Waals surface area contributed by atoms with E-state index in [1.165, 1.54) is 0 Å². The molecule has 2 aromatic rings. The highest BCUT2D eigenvalue weighted by molar-refractivity contribution is 5.93. The van der Waals surface area contributed by atoms with Crippen LogP contribution in [0.25, 0.3) is 10.9 Å². The van der Waals surface area contributed by atoms with E-state index in [1.54, 1.807) is 6.20 Å². The number of hydrogen-bond donors (Lipinski definition) is 1. The van der Waals surface area contributed by atoms with Gasteiger partial charge in [0.25, 0.3) is 0 Å². The number of pyridine rings is 1. The third-order valence-corrected chi connectivity index (χ3v) is 2.95. The fourth-order valence-electron chi connectivity index (χ4n) is 1.98. The predicted molar refractivity (Wildman–Crippen MR) is 77.6 cm³/mol. The Hall–Kier alpha value is -2.52. The van der Waals surface area contributed by atoms with Gasteiger partial charge in [0.05, 0.1) is 16.8 Å². The molecule has 0 aliphatic rings. The van der Waals surface area contributed by atoms with Crippen LogP contribution in [0.1, 0.15) is 24.8 Å². The summed E-state index contributed by atoms with van der Waals surface area (Å²) in [4.78, 5) is 4.28. The molecule has 2 rings (SSSR count). The lowest BCUT2D eigenvalue weighted by molar-refractivity contribution is 0.790. The molecular formula is C16H15N3. The number of nitriles is 1. The molecular weight excluding hydrogens is 234 g/mol. The van der Waals surface area contributed by atoms with Crippen molar-refractivity contribution in [2.24, 2.45) is 0 Å². The maximum atomic E-state index is 9.16. The van der Waals surface area contributed by atoms with Crippen LogP contribution in [0.5, 0.6) is 0 Å². The van der Waals surface area contributed by atoms with Gasteiger partial charge in [0.2, 0.25) is 0 Å². The number of unbranched alkanes of at least 4 members (excludes halogenated alkanes) is 2. The molecule has 1 aromatic carbocycles. The number of hydrogen-bond acceptors (Lipinski definition) is 3. The number of terminal acetylenes is 1. The lowest BCUT2D eigenvalue weighted by Gasteiger charge is -2.10. The summed E-state index contributed by atoms with van der Waals surface area (Å²) in [6.45, 7) is 0.810. The standard InChI is InChI=1S/C16H15N3/c1-2-3-4-7-10-18-16-13(11-17)12-19-15-9-6-5-8-14(15)16/h1,5-6,8-9,12H,3-4,7,10H2,(H,18,19). The second-order valence-corrected chi connectivity index (χ2v) is 4.26. The molecule has 94 valence electrons. The van der Waals surface area contributed by atoms with Crippen molar-refractivity contribution in [3.05, 3.63) is 36.0 Å². The smallest absolute Gasteiger partial charge is 0.103 e. The lowest BCUT2D eigenvalue weighted by Crippen LogP contribution is -2.04. The summed E-state index contributed by atoms with van der Waals surface area (Å²) >= 11 is 0. The third kappa shape index (κ3) is 3.03. The highest BCUT2D eigenvalue weighted by atomic mass is 14.9. The van der Waals surface area contributed by atoms with Crippen molar-refractivity contribution < 1.29 is 0 Å². The second-order valence-electron chi connectivity index (χ2n) is 4.26. The van der Waals surface area contributed by atoms with Crippen LogP contribution >= 0.6 is 0 Å². The molecule has 0 aliphatic heterocycles. The molecule has 0 saturated carbocycles. The van der Waals surface area contributed by atoms with Gasteiger partial charge < -0.3 is 5.32 Å². The van der Waals surface area contributed by atoms with Crippen LogP contribution in [0.2, 0.25) is 0 Å². The Morgan fingerprint density at radius 3 is 2.89 bits per heavy atom. The first kappa shape index (κ1) is 12.9. The summed E-state index contributed by atoms with van der Waals surface area (Å²) in [5, 5.41) is 13.5. The Morgan fingerprint density at radius 2 is 2.11 bits per heavy atom. The van der Waals surface area contributed by atoms with Gasteiger partial charge in [-0.15, -0.1) is 12.3 Å². The van der Waals surface area contributed by atoms with Gasteiger partial charge in [-0.05, 0) is 18.9 Å². The highest BCUT2D eigenvalue weighted by Crippen LogP contribution is 2.25. The van der Waals surface area contributed by atoms with E-state index < -0.39 is 0 Å². The molecule has 1 N–H and O–H groups in total. The summed E-state index contributed by atoms with van der Waals surface area (Å²) in [5.74, 6) is 2.63. The van der Waals surface area contributed by atoms with Gasteiger partial charge in [0.15, 0.2) is 0 Å². The van der Waals surface area contributed by atoms with Crippen molar-refractivity contribution in [1.82, 2.24) is 4.98 Å². The molecule has 0 bridgehead atoms. The molecule has 1 aromatic heterocycles. The predicted octanol–water partition coefficient (Wildman–Crippen LogP) is 3.32. The first-order chi connectivity index (χ1) is 9.36. The van der Waals surface area contributed by atoms with E-state index in [0.717, 1.165) is 42.4 Å². The molecule has 0 radical (unpaired) electrons. The number of anilines is 1. The van der Waals surface area contributed by atoms with E-state index in [4.69, 9.17) is 11.7 Å². The Balaban J connectivity index is 2.20. The molecule has 0 spiro atoms. The van der Waals surface area contributed by atoms with Crippen molar-refractivity contribution in [2.45, 2.75) is 19.3 Å². The molecule has 1 heterocycles. The average molecular weight is 249 g/mol.